The highest BCUT2D eigenvalue weighted by Gasteiger charge is 2.55. The predicted octanol–water partition coefficient (Wildman–Crippen LogP) is 4.32. The first-order valence-electron chi connectivity index (χ1n) is 11.1. The molecule has 1 N–H and O–H groups in total. The van der Waals surface area contributed by atoms with Gasteiger partial charge >= 0.3 is 5.97 Å². The van der Waals surface area contributed by atoms with Crippen molar-refractivity contribution in [1.82, 2.24) is 14.9 Å². The van der Waals surface area contributed by atoms with Crippen LogP contribution >= 0.6 is 15.9 Å². The molecule has 2 saturated carbocycles. The summed E-state index contributed by atoms with van der Waals surface area (Å²) in [5.74, 6) is 0.266. The molecule has 1 amide bonds. The summed E-state index contributed by atoms with van der Waals surface area (Å²) in [7, 11) is 3.02. The Bertz CT molecular complexity index is 1210. The Balaban J connectivity index is 1.33. The van der Waals surface area contributed by atoms with Crippen molar-refractivity contribution in [1.29, 1.82) is 0 Å². The minimum atomic E-state index is -0.130. The van der Waals surface area contributed by atoms with Crippen molar-refractivity contribution in [3.63, 3.8) is 0 Å². The number of rotatable bonds is 6. The summed E-state index contributed by atoms with van der Waals surface area (Å²) in [5, 5.41) is 3.99. The van der Waals surface area contributed by atoms with E-state index in [1.165, 1.54) is 7.11 Å². The van der Waals surface area contributed by atoms with E-state index in [1.807, 2.05) is 24.4 Å². The summed E-state index contributed by atoms with van der Waals surface area (Å²) < 4.78 is 13.4. The molecule has 8 heteroatoms. The monoisotopic (exact) mass is 511 g/mol. The molecule has 2 heterocycles. The number of nitrogens with zero attached hydrogens (tertiary/aromatic N) is 2. The number of hydrogen-bond donors (Lipinski definition) is 1. The van der Waals surface area contributed by atoms with Crippen LogP contribution in [0.2, 0.25) is 0 Å². The summed E-state index contributed by atoms with van der Waals surface area (Å²) >= 11 is 3.47. The van der Waals surface area contributed by atoms with Crippen LogP contribution in [0, 0.1) is 11.3 Å². The van der Waals surface area contributed by atoms with Crippen molar-refractivity contribution in [2.45, 2.75) is 38.3 Å². The van der Waals surface area contributed by atoms with Crippen LogP contribution in [0.4, 0.5) is 0 Å². The summed E-state index contributed by atoms with van der Waals surface area (Å²) in [6, 6.07) is 10.2. The fraction of sp³-hybridized carbons (Fsp3) is 0.400. The first kappa shape index (κ1) is 21.9. The number of hydrogen-bond acceptors (Lipinski definition) is 5. The number of amides is 1. The van der Waals surface area contributed by atoms with Crippen LogP contribution in [0.3, 0.4) is 0 Å². The molecule has 2 aromatic heterocycles. The molecule has 7 nitrogen and oxygen atoms in total. The molecule has 172 valence electrons. The summed E-state index contributed by atoms with van der Waals surface area (Å²) in [6.07, 6.45) is 7.08. The first-order valence-corrected chi connectivity index (χ1v) is 11.9. The molecule has 1 spiro atoms. The SMILES string of the molecule is COC(=O)C1CC2(CC(NC(=O)c3cnc(OC)c4ccn(Cc5ccc(Br)cc5)c34)C2)C1. The van der Waals surface area contributed by atoms with E-state index in [-0.39, 0.29) is 29.3 Å². The molecular formula is C25H26BrN3O4. The van der Waals surface area contributed by atoms with Gasteiger partial charge in [-0.15, -0.1) is 0 Å². The average molecular weight is 512 g/mol. The fourth-order valence-electron chi connectivity index (χ4n) is 5.45. The molecule has 1 aromatic carbocycles. The molecule has 0 unspecified atom stereocenters. The van der Waals surface area contributed by atoms with E-state index in [0.29, 0.717) is 18.0 Å². The lowest BCUT2D eigenvalue weighted by Crippen LogP contribution is -2.57. The average Bonchev–Trinajstić information content (AvgIpc) is 3.18. The van der Waals surface area contributed by atoms with Crippen LogP contribution in [0.5, 0.6) is 5.88 Å². The van der Waals surface area contributed by atoms with Gasteiger partial charge in [-0.2, -0.15) is 0 Å². The quantitative estimate of drug-likeness (QED) is 0.498. The van der Waals surface area contributed by atoms with E-state index < -0.39 is 0 Å². The number of ether oxygens (including phenoxy) is 2. The van der Waals surface area contributed by atoms with Gasteiger partial charge < -0.3 is 19.4 Å². The smallest absolute Gasteiger partial charge is 0.308 e. The van der Waals surface area contributed by atoms with Gasteiger partial charge in [-0.3, -0.25) is 9.59 Å². The van der Waals surface area contributed by atoms with Gasteiger partial charge in [0.2, 0.25) is 5.88 Å². The van der Waals surface area contributed by atoms with Gasteiger partial charge in [-0.1, -0.05) is 28.1 Å². The Morgan fingerprint density at radius 1 is 1.15 bits per heavy atom. The standard InChI is InChI=1S/C25H26BrN3O4/c1-32-23-19-7-8-29(14-15-3-5-17(26)6-4-15)21(19)20(13-27-23)22(30)28-18-11-25(12-18)9-16(10-25)24(31)33-2/h3-8,13,16,18H,9-12,14H2,1-2H3,(H,28,30). The molecule has 3 aromatic rings. The lowest BCUT2D eigenvalue weighted by molar-refractivity contribution is -0.159. The number of benzene rings is 1. The predicted molar refractivity (Wildman–Crippen MR) is 127 cm³/mol. The number of nitrogens with one attached hydrogen (secondary N) is 1. The Labute approximate surface area is 200 Å². The van der Waals surface area contributed by atoms with E-state index in [0.717, 1.165) is 46.6 Å². The van der Waals surface area contributed by atoms with Crippen molar-refractivity contribution in [2.75, 3.05) is 14.2 Å². The number of carbonyl (C=O) groups excluding carboxylic acids is 2. The van der Waals surface area contributed by atoms with E-state index in [4.69, 9.17) is 9.47 Å². The molecule has 33 heavy (non-hydrogen) atoms. The normalized spacial score (nSPS) is 23.6. The first-order chi connectivity index (χ1) is 15.9. The summed E-state index contributed by atoms with van der Waals surface area (Å²) in [4.78, 5) is 29.3. The third-order valence-corrected chi connectivity index (χ3v) is 7.58. The number of carbonyl (C=O) groups is 2. The van der Waals surface area contributed by atoms with Crippen LogP contribution in [-0.2, 0) is 16.1 Å². The molecule has 5 rings (SSSR count). The van der Waals surface area contributed by atoms with Gasteiger partial charge in [0.15, 0.2) is 0 Å². The maximum atomic E-state index is 13.3. The van der Waals surface area contributed by atoms with Gasteiger partial charge in [0, 0.05) is 29.5 Å². The third kappa shape index (κ3) is 4.01. The van der Waals surface area contributed by atoms with Gasteiger partial charge in [-0.05, 0) is 54.9 Å². The zero-order chi connectivity index (χ0) is 23.2. The van der Waals surface area contributed by atoms with Crippen LogP contribution in [0.1, 0.15) is 41.6 Å². The topological polar surface area (TPSA) is 82.4 Å². The second-order valence-corrected chi connectivity index (χ2v) is 10.1. The Morgan fingerprint density at radius 2 is 1.88 bits per heavy atom. The lowest BCUT2D eigenvalue weighted by Gasteiger charge is -2.56. The van der Waals surface area contributed by atoms with E-state index in [2.05, 4.69) is 42.9 Å². The van der Waals surface area contributed by atoms with Crippen LogP contribution in [-0.4, -0.2) is 41.7 Å². The Kier molecular flexibility index (Phi) is 5.64. The number of esters is 1. The number of halogens is 1. The number of fused-ring (bicyclic) bond motifs is 1. The van der Waals surface area contributed by atoms with Crippen LogP contribution < -0.4 is 10.1 Å². The maximum Gasteiger partial charge on any atom is 0.308 e. The molecule has 2 aliphatic rings. The van der Waals surface area contributed by atoms with Gasteiger partial charge in [0.25, 0.3) is 5.91 Å². The zero-order valence-corrected chi connectivity index (χ0v) is 20.2. The largest absolute Gasteiger partial charge is 0.481 e. The number of methoxy groups -OCH3 is 2. The van der Waals surface area contributed by atoms with Crippen LogP contribution in [0.25, 0.3) is 10.9 Å². The van der Waals surface area contributed by atoms with Crippen molar-refractivity contribution in [3.8, 4) is 5.88 Å². The van der Waals surface area contributed by atoms with Crippen molar-refractivity contribution >= 4 is 38.7 Å². The van der Waals surface area contributed by atoms with Crippen molar-refractivity contribution in [3.05, 3.63) is 58.3 Å². The highest BCUT2D eigenvalue weighted by atomic mass is 79.9. The molecule has 2 aliphatic carbocycles. The lowest BCUT2D eigenvalue weighted by atomic mass is 9.50. The summed E-state index contributed by atoms with van der Waals surface area (Å²) in [6.45, 7) is 0.631. The molecule has 0 radical (unpaired) electrons. The maximum absolute atomic E-state index is 13.3. The second kappa shape index (κ2) is 8.48. The molecule has 0 saturated heterocycles. The number of pyridine rings is 1. The highest BCUT2D eigenvalue weighted by Crippen LogP contribution is 2.59. The van der Waals surface area contributed by atoms with Gasteiger partial charge in [0.1, 0.15) is 0 Å². The minimum Gasteiger partial charge on any atom is -0.481 e. The van der Waals surface area contributed by atoms with Crippen molar-refractivity contribution < 1.29 is 19.1 Å². The molecule has 0 bridgehead atoms. The zero-order valence-electron chi connectivity index (χ0n) is 18.6. The van der Waals surface area contributed by atoms with Gasteiger partial charge in [-0.25, -0.2) is 4.98 Å². The van der Waals surface area contributed by atoms with Crippen LogP contribution in [0.15, 0.2) is 47.2 Å². The Morgan fingerprint density at radius 3 is 2.55 bits per heavy atom. The molecule has 0 atom stereocenters. The summed E-state index contributed by atoms with van der Waals surface area (Å²) in [5.41, 5.74) is 2.66. The molecular weight excluding hydrogens is 486 g/mol. The Hall–Kier alpha value is -2.87. The van der Waals surface area contributed by atoms with E-state index >= 15 is 0 Å². The van der Waals surface area contributed by atoms with E-state index in [1.54, 1.807) is 13.3 Å². The number of aromatic nitrogens is 2. The van der Waals surface area contributed by atoms with Gasteiger partial charge in [0.05, 0.1) is 36.6 Å². The molecule has 2 fully saturated rings. The van der Waals surface area contributed by atoms with Crippen molar-refractivity contribution in [2.24, 2.45) is 11.3 Å². The van der Waals surface area contributed by atoms with E-state index in [9.17, 15) is 9.59 Å². The highest BCUT2D eigenvalue weighted by molar-refractivity contribution is 9.10. The minimum absolute atomic E-state index is 0.0129. The fourth-order valence-corrected chi connectivity index (χ4v) is 5.71. The second-order valence-electron chi connectivity index (χ2n) is 9.22. The third-order valence-electron chi connectivity index (χ3n) is 7.05. The molecule has 0 aliphatic heterocycles.